The number of rotatable bonds is 2. The van der Waals surface area contributed by atoms with Crippen LogP contribution in [0.15, 0.2) is 12.4 Å². The van der Waals surface area contributed by atoms with Crippen molar-refractivity contribution in [1.82, 2.24) is 14.9 Å². The second kappa shape index (κ2) is 4.94. The van der Waals surface area contributed by atoms with Gasteiger partial charge in [-0.3, -0.25) is 9.78 Å². The number of amides is 1. The predicted molar refractivity (Wildman–Crippen MR) is 80.0 cm³/mol. The zero-order valence-electron chi connectivity index (χ0n) is 12.2. The Morgan fingerprint density at radius 3 is 2.33 bits per heavy atom. The average Bonchev–Trinajstić information content (AvgIpc) is 2.45. The van der Waals surface area contributed by atoms with Crippen molar-refractivity contribution in [2.75, 3.05) is 7.05 Å². The van der Waals surface area contributed by atoms with Crippen molar-refractivity contribution in [2.45, 2.75) is 38.1 Å². The molecular weight excluding hydrogens is 286 g/mol. The second-order valence-corrected chi connectivity index (χ2v) is 7.45. The van der Waals surface area contributed by atoms with Crippen LogP contribution in [0.4, 0.5) is 0 Å². The summed E-state index contributed by atoms with van der Waals surface area (Å²) in [6, 6.07) is 0.381. The van der Waals surface area contributed by atoms with Crippen LogP contribution in [0.2, 0.25) is 5.15 Å². The van der Waals surface area contributed by atoms with Gasteiger partial charge in [-0.1, -0.05) is 11.6 Å². The summed E-state index contributed by atoms with van der Waals surface area (Å²) in [6.07, 6.45) is 9.61. The number of hydrogen-bond acceptors (Lipinski definition) is 3. The van der Waals surface area contributed by atoms with E-state index in [4.69, 9.17) is 11.6 Å². The van der Waals surface area contributed by atoms with Crippen LogP contribution in [0.1, 0.15) is 42.6 Å². The standard InChI is InChI=1S/C16H20ClN3O/c1-20(16(21)13-7-18-8-14(17)19-13)15-11-3-9-2-10(5-11)6-12(15)4-9/h7-12,15H,2-6H2,1H3. The molecule has 112 valence electrons. The fraction of sp³-hybridized carbons (Fsp3) is 0.688. The van der Waals surface area contributed by atoms with Crippen molar-refractivity contribution < 1.29 is 4.79 Å². The Morgan fingerprint density at radius 2 is 1.76 bits per heavy atom. The molecule has 0 aromatic carbocycles. The highest BCUT2D eigenvalue weighted by molar-refractivity contribution is 6.29. The van der Waals surface area contributed by atoms with E-state index in [1.807, 2.05) is 11.9 Å². The van der Waals surface area contributed by atoms with Crippen LogP contribution in [-0.4, -0.2) is 33.9 Å². The monoisotopic (exact) mass is 305 g/mol. The van der Waals surface area contributed by atoms with Crippen molar-refractivity contribution in [1.29, 1.82) is 0 Å². The molecule has 0 saturated heterocycles. The third kappa shape index (κ3) is 2.24. The lowest BCUT2D eigenvalue weighted by Crippen LogP contribution is -2.56. The molecular formula is C16H20ClN3O. The van der Waals surface area contributed by atoms with Gasteiger partial charge in [0.05, 0.1) is 12.4 Å². The minimum atomic E-state index is -0.0394. The van der Waals surface area contributed by atoms with Crippen molar-refractivity contribution in [2.24, 2.45) is 23.7 Å². The molecule has 1 aromatic rings. The van der Waals surface area contributed by atoms with Gasteiger partial charge in [0.2, 0.25) is 0 Å². The van der Waals surface area contributed by atoms with E-state index in [1.54, 1.807) is 0 Å². The Morgan fingerprint density at radius 1 is 1.14 bits per heavy atom. The number of nitrogens with zero attached hydrogens (tertiary/aromatic N) is 3. The van der Waals surface area contributed by atoms with E-state index < -0.39 is 0 Å². The highest BCUT2D eigenvalue weighted by Crippen LogP contribution is 2.55. The Bertz CT molecular complexity index is 548. The molecule has 4 aliphatic rings. The number of aromatic nitrogens is 2. The van der Waals surface area contributed by atoms with Gasteiger partial charge in [0.25, 0.3) is 5.91 Å². The predicted octanol–water partition coefficient (Wildman–Crippen LogP) is 3.03. The van der Waals surface area contributed by atoms with Gasteiger partial charge in [-0.15, -0.1) is 0 Å². The molecule has 21 heavy (non-hydrogen) atoms. The van der Waals surface area contributed by atoms with Gasteiger partial charge in [0.1, 0.15) is 10.8 Å². The zero-order valence-corrected chi connectivity index (χ0v) is 13.0. The minimum absolute atomic E-state index is 0.0394. The van der Waals surface area contributed by atoms with E-state index in [1.165, 1.54) is 44.5 Å². The third-order valence-corrected chi connectivity index (χ3v) is 5.95. The normalized spacial score (nSPS) is 36.8. The number of carbonyl (C=O) groups excluding carboxylic acids is 1. The lowest BCUT2D eigenvalue weighted by Gasteiger charge is -2.56. The highest BCUT2D eigenvalue weighted by Gasteiger charge is 2.50. The van der Waals surface area contributed by atoms with E-state index in [9.17, 15) is 4.79 Å². The summed E-state index contributed by atoms with van der Waals surface area (Å²) in [7, 11) is 1.93. The van der Waals surface area contributed by atoms with Crippen LogP contribution in [0.25, 0.3) is 0 Å². The molecule has 0 N–H and O–H groups in total. The molecule has 5 heteroatoms. The van der Waals surface area contributed by atoms with E-state index in [0.29, 0.717) is 23.6 Å². The summed E-state index contributed by atoms with van der Waals surface area (Å²) >= 11 is 5.86. The SMILES string of the molecule is CN(C(=O)c1cncc(Cl)n1)C1C2CC3CC(C2)CC1C3. The van der Waals surface area contributed by atoms with Gasteiger partial charge < -0.3 is 4.90 Å². The molecule has 4 saturated carbocycles. The number of carbonyl (C=O) groups is 1. The van der Waals surface area contributed by atoms with Gasteiger partial charge >= 0.3 is 0 Å². The summed E-state index contributed by atoms with van der Waals surface area (Å²) in [6.45, 7) is 0. The molecule has 4 nitrogen and oxygen atoms in total. The van der Waals surface area contributed by atoms with E-state index >= 15 is 0 Å². The molecule has 5 rings (SSSR count). The highest BCUT2D eigenvalue weighted by atomic mass is 35.5. The smallest absolute Gasteiger partial charge is 0.274 e. The Kier molecular flexibility index (Phi) is 3.18. The van der Waals surface area contributed by atoms with Crippen LogP contribution in [0.3, 0.4) is 0 Å². The van der Waals surface area contributed by atoms with E-state index in [0.717, 1.165) is 11.8 Å². The summed E-state index contributed by atoms with van der Waals surface area (Å²) < 4.78 is 0. The van der Waals surface area contributed by atoms with Crippen LogP contribution in [0, 0.1) is 23.7 Å². The van der Waals surface area contributed by atoms with Crippen LogP contribution in [0.5, 0.6) is 0 Å². The first-order chi connectivity index (χ1) is 10.1. The Hall–Kier alpha value is -1.16. The van der Waals surface area contributed by atoms with E-state index in [-0.39, 0.29) is 11.1 Å². The quantitative estimate of drug-likeness (QED) is 0.843. The van der Waals surface area contributed by atoms with E-state index in [2.05, 4.69) is 9.97 Å². The maximum absolute atomic E-state index is 12.7. The molecule has 0 unspecified atom stereocenters. The summed E-state index contributed by atoms with van der Waals surface area (Å²) in [5.41, 5.74) is 0.360. The largest absolute Gasteiger partial charge is 0.337 e. The number of hydrogen-bond donors (Lipinski definition) is 0. The topological polar surface area (TPSA) is 46.1 Å². The molecule has 4 aliphatic carbocycles. The molecule has 1 heterocycles. The van der Waals surface area contributed by atoms with Gasteiger partial charge in [-0.05, 0) is 55.8 Å². The number of halogens is 1. The molecule has 4 fully saturated rings. The van der Waals surface area contributed by atoms with Crippen LogP contribution in [-0.2, 0) is 0 Å². The van der Waals surface area contributed by atoms with Crippen LogP contribution >= 0.6 is 11.6 Å². The first kappa shape index (κ1) is 13.5. The van der Waals surface area contributed by atoms with Gasteiger partial charge in [0.15, 0.2) is 0 Å². The maximum Gasteiger partial charge on any atom is 0.274 e. The van der Waals surface area contributed by atoms with Crippen molar-refractivity contribution in [3.8, 4) is 0 Å². The zero-order chi connectivity index (χ0) is 14.6. The molecule has 4 bridgehead atoms. The van der Waals surface area contributed by atoms with Crippen molar-refractivity contribution >= 4 is 17.5 Å². The Labute approximate surface area is 129 Å². The first-order valence-corrected chi connectivity index (χ1v) is 8.24. The molecule has 0 radical (unpaired) electrons. The van der Waals surface area contributed by atoms with Crippen molar-refractivity contribution in [3.05, 3.63) is 23.2 Å². The molecule has 1 aromatic heterocycles. The minimum Gasteiger partial charge on any atom is -0.337 e. The molecule has 0 spiro atoms. The van der Waals surface area contributed by atoms with Crippen LogP contribution < -0.4 is 0 Å². The third-order valence-electron chi connectivity index (χ3n) is 5.77. The Balaban J connectivity index is 1.57. The summed E-state index contributed by atoms with van der Waals surface area (Å²) in [4.78, 5) is 22.7. The summed E-state index contributed by atoms with van der Waals surface area (Å²) in [5, 5.41) is 0.277. The lowest BCUT2D eigenvalue weighted by molar-refractivity contribution is -0.0492. The van der Waals surface area contributed by atoms with Gasteiger partial charge in [-0.25, -0.2) is 4.98 Å². The molecule has 1 amide bonds. The fourth-order valence-electron chi connectivity index (χ4n) is 5.29. The van der Waals surface area contributed by atoms with Gasteiger partial charge in [-0.2, -0.15) is 0 Å². The van der Waals surface area contributed by atoms with Gasteiger partial charge in [0, 0.05) is 13.1 Å². The average molecular weight is 306 g/mol. The maximum atomic E-state index is 12.7. The molecule has 0 atom stereocenters. The summed E-state index contributed by atoms with van der Waals surface area (Å²) in [5.74, 6) is 3.16. The lowest BCUT2D eigenvalue weighted by atomic mass is 9.54. The fourth-order valence-corrected chi connectivity index (χ4v) is 5.44. The second-order valence-electron chi connectivity index (χ2n) is 7.06. The molecule has 0 aliphatic heterocycles. The first-order valence-electron chi connectivity index (χ1n) is 7.86. The van der Waals surface area contributed by atoms with Crippen molar-refractivity contribution in [3.63, 3.8) is 0 Å².